The third-order valence-electron chi connectivity index (χ3n) is 7.63. The maximum Gasteiger partial charge on any atom is 0.237 e. The van der Waals surface area contributed by atoms with E-state index in [2.05, 4.69) is 68.7 Å². The van der Waals surface area contributed by atoms with E-state index in [9.17, 15) is 10.1 Å². The standard InChI is InChI=1S/C33H41N3O/c1-5-26(4)30(36-31(27-16-9-6-10-17-27)28-18-11-7-12-19-28)32(37)35-23-15-22-33(24-34,25(2)3)29-20-13-8-14-21-29/h6-14,16-21,25-26,30-31,36H,5,15,22-23H2,1-4H3,(H,35,37)/t26-,30-,33-/m0/s1. The van der Waals surface area contributed by atoms with E-state index in [1.165, 1.54) is 0 Å². The Hall–Kier alpha value is -3.42. The van der Waals surface area contributed by atoms with E-state index < -0.39 is 5.41 Å². The fraction of sp³-hybridized carbons (Fsp3) is 0.394. The van der Waals surface area contributed by atoms with Crippen LogP contribution >= 0.6 is 0 Å². The zero-order valence-corrected chi connectivity index (χ0v) is 22.7. The number of rotatable bonds is 13. The molecule has 4 heteroatoms. The fourth-order valence-electron chi connectivity index (χ4n) is 5.03. The highest BCUT2D eigenvalue weighted by atomic mass is 16.2. The summed E-state index contributed by atoms with van der Waals surface area (Å²) >= 11 is 0. The zero-order valence-electron chi connectivity index (χ0n) is 22.7. The van der Waals surface area contributed by atoms with Gasteiger partial charge in [0.1, 0.15) is 0 Å². The van der Waals surface area contributed by atoms with Crippen molar-refractivity contribution in [3.05, 3.63) is 108 Å². The first-order chi connectivity index (χ1) is 17.9. The summed E-state index contributed by atoms with van der Waals surface area (Å²) in [6.07, 6.45) is 2.32. The summed E-state index contributed by atoms with van der Waals surface area (Å²) in [6, 6.07) is 32.8. The Kier molecular flexibility index (Phi) is 10.5. The van der Waals surface area contributed by atoms with Gasteiger partial charge < -0.3 is 5.32 Å². The predicted octanol–water partition coefficient (Wildman–Crippen LogP) is 6.79. The highest BCUT2D eigenvalue weighted by molar-refractivity contribution is 5.82. The van der Waals surface area contributed by atoms with Crippen LogP contribution < -0.4 is 10.6 Å². The molecule has 0 spiro atoms. The summed E-state index contributed by atoms with van der Waals surface area (Å²) in [6.45, 7) is 8.99. The number of benzene rings is 3. The van der Waals surface area contributed by atoms with Crippen molar-refractivity contribution < 1.29 is 4.79 Å². The van der Waals surface area contributed by atoms with E-state index in [0.717, 1.165) is 29.5 Å². The molecule has 0 aliphatic rings. The summed E-state index contributed by atoms with van der Waals surface area (Å²) in [5.74, 6) is 0.341. The minimum absolute atomic E-state index is 0.0121. The van der Waals surface area contributed by atoms with Gasteiger partial charge >= 0.3 is 0 Å². The number of nitrogens with one attached hydrogen (secondary N) is 2. The van der Waals surface area contributed by atoms with Gasteiger partial charge in [0.05, 0.1) is 23.6 Å². The number of hydrogen-bond donors (Lipinski definition) is 2. The molecule has 194 valence electrons. The van der Waals surface area contributed by atoms with Crippen LogP contribution in [0, 0.1) is 23.2 Å². The van der Waals surface area contributed by atoms with Crippen molar-refractivity contribution in [1.29, 1.82) is 5.26 Å². The predicted molar refractivity (Wildman–Crippen MR) is 152 cm³/mol. The summed E-state index contributed by atoms with van der Waals surface area (Å²) < 4.78 is 0. The van der Waals surface area contributed by atoms with Crippen LogP contribution in [0.4, 0.5) is 0 Å². The lowest BCUT2D eigenvalue weighted by atomic mass is 9.70. The van der Waals surface area contributed by atoms with Gasteiger partial charge in [0.2, 0.25) is 5.91 Å². The second-order valence-corrected chi connectivity index (χ2v) is 10.3. The van der Waals surface area contributed by atoms with Crippen molar-refractivity contribution in [3.8, 4) is 6.07 Å². The Balaban J connectivity index is 1.72. The summed E-state index contributed by atoms with van der Waals surface area (Å²) in [7, 11) is 0. The fourth-order valence-corrected chi connectivity index (χ4v) is 5.03. The van der Waals surface area contributed by atoms with Crippen LogP contribution in [0.25, 0.3) is 0 Å². The van der Waals surface area contributed by atoms with E-state index in [4.69, 9.17) is 0 Å². The maximum atomic E-state index is 13.5. The third-order valence-corrected chi connectivity index (χ3v) is 7.63. The van der Waals surface area contributed by atoms with Crippen LogP contribution in [0.3, 0.4) is 0 Å². The molecule has 0 saturated carbocycles. The topological polar surface area (TPSA) is 64.9 Å². The Morgan fingerprint density at radius 2 is 1.38 bits per heavy atom. The molecule has 3 atom stereocenters. The van der Waals surface area contributed by atoms with Crippen LogP contribution in [0.5, 0.6) is 0 Å². The number of nitrogens with zero attached hydrogens (tertiary/aromatic N) is 1. The second kappa shape index (κ2) is 13.8. The number of carbonyl (C=O) groups is 1. The number of amides is 1. The highest BCUT2D eigenvalue weighted by Crippen LogP contribution is 2.36. The highest BCUT2D eigenvalue weighted by Gasteiger charge is 2.35. The Bertz CT molecular complexity index is 1080. The summed E-state index contributed by atoms with van der Waals surface area (Å²) in [4.78, 5) is 13.5. The van der Waals surface area contributed by atoms with E-state index in [1.54, 1.807) is 0 Å². The van der Waals surface area contributed by atoms with E-state index in [0.29, 0.717) is 13.0 Å². The number of nitriles is 1. The van der Waals surface area contributed by atoms with E-state index in [-0.39, 0.29) is 29.8 Å². The van der Waals surface area contributed by atoms with Gasteiger partial charge in [-0.05, 0) is 41.4 Å². The summed E-state index contributed by atoms with van der Waals surface area (Å²) in [5, 5.41) is 17.0. The van der Waals surface area contributed by atoms with Crippen LogP contribution in [-0.4, -0.2) is 18.5 Å². The minimum Gasteiger partial charge on any atom is -0.355 e. The van der Waals surface area contributed by atoms with Gasteiger partial charge in [-0.3, -0.25) is 10.1 Å². The molecule has 0 aromatic heterocycles. The Labute approximate surface area is 223 Å². The van der Waals surface area contributed by atoms with Crippen molar-refractivity contribution in [3.63, 3.8) is 0 Å². The first kappa shape index (κ1) is 28.2. The van der Waals surface area contributed by atoms with Crippen molar-refractivity contribution >= 4 is 5.91 Å². The first-order valence-corrected chi connectivity index (χ1v) is 13.5. The van der Waals surface area contributed by atoms with Gasteiger partial charge in [-0.1, -0.05) is 125 Å². The summed E-state index contributed by atoms with van der Waals surface area (Å²) in [5.41, 5.74) is 2.75. The third kappa shape index (κ3) is 7.08. The Morgan fingerprint density at radius 1 is 0.865 bits per heavy atom. The molecule has 3 rings (SSSR count). The van der Waals surface area contributed by atoms with Crippen LogP contribution in [-0.2, 0) is 10.2 Å². The molecule has 3 aromatic rings. The molecule has 3 aromatic carbocycles. The number of carbonyl (C=O) groups excluding carboxylic acids is 1. The van der Waals surface area contributed by atoms with Gasteiger partial charge in [0.15, 0.2) is 0 Å². The SMILES string of the molecule is CC[C@H](C)[C@H](NC(c1ccccc1)c1ccccc1)C(=O)NCCC[C@@](C#N)(c1ccccc1)C(C)C. The normalized spacial score (nSPS) is 14.5. The molecule has 0 radical (unpaired) electrons. The largest absolute Gasteiger partial charge is 0.355 e. The van der Waals surface area contributed by atoms with Gasteiger partial charge in [0, 0.05) is 6.54 Å². The monoisotopic (exact) mass is 495 g/mol. The van der Waals surface area contributed by atoms with Crippen molar-refractivity contribution in [2.24, 2.45) is 11.8 Å². The van der Waals surface area contributed by atoms with Crippen molar-refractivity contribution in [2.75, 3.05) is 6.54 Å². The molecule has 1 amide bonds. The number of hydrogen-bond acceptors (Lipinski definition) is 3. The molecule has 0 aliphatic carbocycles. The molecule has 4 nitrogen and oxygen atoms in total. The van der Waals surface area contributed by atoms with Crippen LogP contribution in [0.15, 0.2) is 91.0 Å². The lowest BCUT2D eigenvalue weighted by Gasteiger charge is -2.32. The lowest BCUT2D eigenvalue weighted by Crippen LogP contribution is -2.49. The maximum absolute atomic E-state index is 13.5. The average Bonchev–Trinajstić information content (AvgIpc) is 2.94. The molecule has 37 heavy (non-hydrogen) atoms. The molecule has 0 aliphatic heterocycles. The Morgan fingerprint density at radius 3 is 1.84 bits per heavy atom. The molecule has 0 heterocycles. The van der Waals surface area contributed by atoms with Gasteiger partial charge in [0.25, 0.3) is 0 Å². The van der Waals surface area contributed by atoms with Crippen LogP contribution in [0.1, 0.15) is 69.7 Å². The van der Waals surface area contributed by atoms with Gasteiger partial charge in [-0.25, -0.2) is 0 Å². The second-order valence-electron chi connectivity index (χ2n) is 10.3. The van der Waals surface area contributed by atoms with E-state index in [1.807, 2.05) is 66.7 Å². The molecule has 0 bridgehead atoms. The average molecular weight is 496 g/mol. The molecule has 0 fully saturated rings. The smallest absolute Gasteiger partial charge is 0.237 e. The molecule has 0 saturated heterocycles. The van der Waals surface area contributed by atoms with Crippen molar-refractivity contribution in [2.45, 2.75) is 64.5 Å². The van der Waals surface area contributed by atoms with Crippen LogP contribution in [0.2, 0.25) is 0 Å². The van der Waals surface area contributed by atoms with Gasteiger partial charge in [-0.2, -0.15) is 5.26 Å². The molecular weight excluding hydrogens is 454 g/mol. The lowest BCUT2D eigenvalue weighted by molar-refractivity contribution is -0.124. The molecular formula is C33H41N3O. The molecule has 2 N–H and O–H groups in total. The molecule has 0 unspecified atom stereocenters. The first-order valence-electron chi connectivity index (χ1n) is 13.5. The quantitative estimate of drug-likeness (QED) is 0.256. The van der Waals surface area contributed by atoms with Gasteiger partial charge in [-0.15, -0.1) is 0 Å². The van der Waals surface area contributed by atoms with Crippen molar-refractivity contribution in [1.82, 2.24) is 10.6 Å². The van der Waals surface area contributed by atoms with E-state index >= 15 is 0 Å². The zero-order chi connectivity index (χ0) is 26.7. The minimum atomic E-state index is -0.563.